The van der Waals surface area contributed by atoms with Crippen molar-refractivity contribution in [3.63, 3.8) is 0 Å². The minimum absolute atomic E-state index is 0.252. The Morgan fingerprint density at radius 3 is 2.43 bits per heavy atom. The smallest absolute Gasteiger partial charge is 0.0386 e. The molecule has 2 nitrogen and oxygen atoms in total. The lowest BCUT2D eigenvalue weighted by atomic mass is 10.00. The van der Waals surface area contributed by atoms with Crippen LogP contribution in [0, 0.1) is 0 Å². The van der Waals surface area contributed by atoms with Gasteiger partial charge in [0.25, 0.3) is 0 Å². The van der Waals surface area contributed by atoms with E-state index in [2.05, 4.69) is 51.0 Å². The molecule has 2 heteroatoms. The lowest BCUT2D eigenvalue weighted by Crippen LogP contribution is -2.56. The number of nitrogens with zero attached hydrogens (tertiary/aromatic N) is 2. The van der Waals surface area contributed by atoms with E-state index in [4.69, 9.17) is 0 Å². The summed E-state index contributed by atoms with van der Waals surface area (Å²) in [5.74, 6) is 0. The Hall–Kier alpha value is -0.500. The summed E-state index contributed by atoms with van der Waals surface area (Å²) in [6, 6.07) is 0.625. The zero-order valence-corrected chi connectivity index (χ0v) is 10.3. The van der Waals surface area contributed by atoms with Crippen molar-refractivity contribution in [3.8, 4) is 0 Å². The molecule has 0 amide bonds. The van der Waals surface area contributed by atoms with Gasteiger partial charge in [0.05, 0.1) is 0 Å². The Labute approximate surface area is 88.6 Å². The molecular weight excluding hydrogens is 172 g/mol. The van der Waals surface area contributed by atoms with Gasteiger partial charge in [-0.05, 0) is 34.6 Å². The standard InChI is InChI=1S/C12H24N2/c1-7-13-8-11(3)14(9-10(13)2)12(4,5)6/h11H,2,7-9H2,1,3-6H3. The molecule has 1 unspecified atom stereocenters. The van der Waals surface area contributed by atoms with Crippen LogP contribution in [-0.4, -0.2) is 41.0 Å². The quantitative estimate of drug-likeness (QED) is 0.635. The number of likely N-dealkylation sites (N-methyl/N-ethyl adjacent to an activating group) is 1. The highest BCUT2D eigenvalue weighted by molar-refractivity contribution is 5.05. The Balaban J connectivity index is 2.72. The number of rotatable bonds is 1. The lowest BCUT2D eigenvalue weighted by molar-refractivity contribution is 0.0458. The second kappa shape index (κ2) is 3.93. The van der Waals surface area contributed by atoms with Crippen molar-refractivity contribution in [3.05, 3.63) is 12.3 Å². The average molecular weight is 196 g/mol. The molecule has 1 aliphatic rings. The van der Waals surface area contributed by atoms with Crippen molar-refractivity contribution >= 4 is 0 Å². The summed E-state index contributed by atoms with van der Waals surface area (Å²) in [5.41, 5.74) is 1.52. The zero-order chi connectivity index (χ0) is 10.9. The van der Waals surface area contributed by atoms with E-state index >= 15 is 0 Å². The van der Waals surface area contributed by atoms with Crippen molar-refractivity contribution in [2.75, 3.05) is 19.6 Å². The summed E-state index contributed by atoms with van der Waals surface area (Å²) in [7, 11) is 0. The van der Waals surface area contributed by atoms with E-state index in [1.54, 1.807) is 0 Å². The van der Waals surface area contributed by atoms with Crippen molar-refractivity contribution in [2.45, 2.75) is 46.2 Å². The molecule has 0 N–H and O–H groups in total. The van der Waals surface area contributed by atoms with Crippen LogP contribution >= 0.6 is 0 Å². The Bertz CT molecular complexity index is 215. The van der Waals surface area contributed by atoms with Gasteiger partial charge in [-0.3, -0.25) is 4.90 Å². The Morgan fingerprint density at radius 2 is 2.00 bits per heavy atom. The molecule has 0 aliphatic carbocycles. The number of piperazine rings is 1. The fraction of sp³-hybridized carbons (Fsp3) is 0.833. The van der Waals surface area contributed by atoms with Gasteiger partial charge in [-0.1, -0.05) is 6.58 Å². The minimum Gasteiger partial charge on any atom is -0.373 e. The van der Waals surface area contributed by atoms with Crippen LogP contribution in [0.15, 0.2) is 12.3 Å². The third-order valence-corrected chi connectivity index (χ3v) is 3.06. The van der Waals surface area contributed by atoms with E-state index in [0.29, 0.717) is 6.04 Å². The van der Waals surface area contributed by atoms with Crippen LogP contribution in [0.3, 0.4) is 0 Å². The molecule has 0 radical (unpaired) electrons. The minimum atomic E-state index is 0.252. The third kappa shape index (κ3) is 2.30. The first-order valence-corrected chi connectivity index (χ1v) is 5.55. The lowest BCUT2D eigenvalue weighted by Gasteiger charge is -2.48. The van der Waals surface area contributed by atoms with Gasteiger partial charge >= 0.3 is 0 Å². The van der Waals surface area contributed by atoms with Gasteiger partial charge in [0.2, 0.25) is 0 Å². The molecule has 1 saturated heterocycles. The molecule has 1 aliphatic heterocycles. The molecule has 1 fully saturated rings. The van der Waals surface area contributed by atoms with Gasteiger partial charge < -0.3 is 4.90 Å². The average Bonchev–Trinajstić information content (AvgIpc) is 2.06. The van der Waals surface area contributed by atoms with Gasteiger partial charge in [-0.15, -0.1) is 0 Å². The van der Waals surface area contributed by atoms with Crippen LogP contribution in [0.25, 0.3) is 0 Å². The van der Waals surface area contributed by atoms with Gasteiger partial charge in [-0.25, -0.2) is 0 Å². The highest BCUT2D eigenvalue weighted by Crippen LogP contribution is 2.24. The second-order valence-corrected chi connectivity index (χ2v) is 5.25. The van der Waals surface area contributed by atoms with Gasteiger partial charge in [0.15, 0.2) is 0 Å². The van der Waals surface area contributed by atoms with Crippen molar-refractivity contribution in [1.82, 2.24) is 9.80 Å². The molecule has 1 atom stereocenters. The predicted octanol–water partition coefficient (Wildman–Crippen LogP) is 2.32. The summed E-state index contributed by atoms with van der Waals surface area (Å²) >= 11 is 0. The zero-order valence-electron chi connectivity index (χ0n) is 10.3. The maximum absolute atomic E-state index is 4.15. The van der Waals surface area contributed by atoms with Crippen molar-refractivity contribution in [2.24, 2.45) is 0 Å². The monoisotopic (exact) mass is 196 g/mol. The van der Waals surface area contributed by atoms with Gasteiger partial charge in [0, 0.05) is 36.9 Å². The molecule has 0 spiro atoms. The predicted molar refractivity (Wildman–Crippen MR) is 62.3 cm³/mol. The van der Waals surface area contributed by atoms with Crippen LogP contribution in [0.5, 0.6) is 0 Å². The van der Waals surface area contributed by atoms with E-state index < -0.39 is 0 Å². The molecule has 82 valence electrons. The molecule has 0 bridgehead atoms. The summed E-state index contributed by atoms with van der Waals surface area (Å²) < 4.78 is 0. The topological polar surface area (TPSA) is 6.48 Å². The maximum Gasteiger partial charge on any atom is 0.0386 e. The van der Waals surface area contributed by atoms with Crippen LogP contribution in [0.2, 0.25) is 0 Å². The molecule has 0 aromatic rings. The molecule has 0 saturated carbocycles. The molecular formula is C12H24N2. The van der Waals surface area contributed by atoms with E-state index in [9.17, 15) is 0 Å². The largest absolute Gasteiger partial charge is 0.373 e. The normalized spacial score (nSPS) is 25.6. The summed E-state index contributed by atoms with van der Waals surface area (Å²) in [5, 5.41) is 0. The van der Waals surface area contributed by atoms with Gasteiger partial charge in [0.1, 0.15) is 0 Å². The molecule has 1 rings (SSSR count). The highest BCUT2D eigenvalue weighted by atomic mass is 15.3. The fourth-order valence-electron chi connectivity index (χ4n) is 2.25. The van der Waals surface area contributed by atoms with E-state index in [-0.39, 0.29) is 5.54 Å². The molecule has 14 heavy (non-hydrogen) atoms. The molecule has 1 heterocycles. The first-order valence-electron chi connectivity index (χ1n) is 5.55. The van der Waals surface area contributed by atoms with E-state index in [0.717, 1.165) is 19.6 Å². The van der Waals surface area contributed by atoms with Crippen molar-refractivity contribution < 1.29 is 0 Å². The van der Waals surface area contributed by atoms with E-state index in [1.807, 2.05) is 0 Å². The maximum atomic E-state index is 4.15. The number of hydrogen-bond acceptors (Lipinski definition) is 2. The van der Waals surface area contributed by atoms with Gasteiger partial charge in [-0.2, -0.15) is 0 Å². The molecule has 0 aromatic carbocycles. The van der Waals surface area contributed by atoms with Crippen LogP contribution in [-0.2, 0) is 0 Å². The summed E-state index contributed by atoms with van der Waals surface area (Å²) in [6.45, 7) is 18.7. The first-order chi connectivity index (χ1) is 6.36. The van der Waals surface area contributed by atoms with E-state index in [1.165, 1.54) is 5.70 Å². The molecule has 0 aromatic heterocycles. The Kier molecular flexibility index (Phi) is 3.25. The van der Waals surface area contributed by atoms with Crippen molar-refractivity contribution in [1.29, 1.82) is 0 Å². The Morgan fingerprint density at radius 1 is 1.43 bits per heavy atom. The SMILES string of the molecule is C=C1CN(C(C)(C)C)C(C)CN1CC. The second-order valence-electron chi connectivity index (χ2n) is 5.25. The fourth-order valence-corrected chi connectivity index (χ4v) is 2.25. The first kappa shape index (κ1) is 11.6. The number of hydrogen-bond donors (Lipinski definition) is 0. The van der Waals surface area contributed by atoms with Crippen LogP contribution in [0.1, 0.15) is 34.6 Å². The highest BCUT2D eigenvalue weighted by Gasteiger charge is 2.32. The van der Waals surface area contributed by atoms with Crippen LogP contribution in [0.4, 0.5) is 0 Å². The third-order valence-electron chi connectivity index (χ3n) is 3.06. The van der Waals surface area contributed by atoms with Crippen LogP contribution < -0.4 is 0 Å². The summed E-state index contributed by atoms with van der Waals surface area (Å²) in [4.78, 5) is 4.91. The summed E-state index contributed by atoms with van der Waals surface area (Å²) in [6.07, 6.45) is 0.